The fourth-order valence-electron chi connectivity index (χ4n) is 1.34. The largest absolute Gasteiger partial charge is 0.469 e. The van der Waals surface area contributed by atoms with Crippen molar-refractivity contribution in [2.24, 2.45) is 0 Å². The maximum atomic E-state index is 12.6. The van der Waals surface area contributed by atoms with Gasteiger partial charge in [-0.2, -0.15) is 18.2 Å². The van der Waals surface area contributed by atoms with E-state index in [2.05, 4.69) is 15.3 Å². The predicted molar refractivity (Wildman–Crippen MR) is 56.4 cm³/mol. The zero-order chi connectivity index (χ0) is 13.2. The molecule has 1 N–H and O–H groups in total. The summed E-state index contributed by atoms with van der Waals surface area (Å²) in [5.74, 6) is -1.21. The summed E-state index contributed by atoms with van der Waals surface area (Å²) in [6, 6.07) is 1.34. The third kappa shape index (κ3) is 3.00. The molecule has 0 aliphatic carbocycles. The number of ether oxygens (including phenoxy) is 2. The molecule has 0 unspecified atom stereocenters. The molecule has 2 rings (SSSR count). The highest BCUT2D eigenvalue weighted by molar-refractivity contribution is 5.38. The lowest BCUT2D eigenvalue weighted by molar-refractivity contribution is -0.145. The number of rotatable bonds is 4. The van der Waals surface area contributed by atoms with Gasteiger partial charge >= 0.3 is 6.18 Å². The van der Waals surface area contributed by atoms with Crippen molar-refractivity contribution in [1.82, 2.24) is 9.97 Å². The maximum Gasteiger partial charge on any atom is 0.451 e. The SMILES string of the molecule is CCNc1cc(OC2COC2)nc(C(F)(F)F)n1. The third-order valence-corrected chi connectivity index (χ3v) is 2.21. The van der Waals surface area contributed by atoms with Crippen LogP contribution in [0.5, 0.6) is 5.88 Å². The molecule has 0 amide bonds. The molecule has 0 bridgehead atoms. The molecule has 1 saturated heterocycles. The molecule has 1 aliphatic rings. The summed E-state index contributed by atoms with van der Waals surface area (Å²) in [5.41, 5.74) is 0. The molecule has 0 aromatic carbocycles. The summed E-state index contributed by atoms with van der Waals surface area (Å²) >= 11 is 0. The van der Waals surface area contributed by atoms with E-state index in [4.69, 9.17) is 9.47 Å². The molecule has 0 spiro atoms. The van der Waals surface area contributed by atoms with Crippen LogP contribution in [0.1, 0.15) is 12.7 Å². The second-order valence-corrected chi connectivity index (χ2v) is 3.72. The number of hydrogen-bond acceptors (Lipinski definition) is 5. The first-order chi connectivity index (χ1) is 8.49. The van der Waals surface area contributed by atoms with Gasteiger partial charge in [0.1, 0.15) is 11.9 Å². The summed E-state index contributed by atoms with van der Waals surface area (Å²) in [7, 11) is 0. The number of nitrogens with zero attached hydrogens (tertiary/aromatic N) is 2. The van der Waals surface area contributed by atoms with Gasteiger partial charge in [-0.05, 0) is 6.92 Å². The normalized spacial score (nSPS) is 16.2. The molecular formula is C10H12F3N3O2. The van der Waals surface area contributed by atoms with E-state index < -0.39 is 12.0 Å². The molecular weight excluding hydrogens is 251 g/mol. The third-order valence-electron chi connectivity index (χ3n) is 2.21. The van der Waals surface area contributed by atoms with Crippen LogP contribution in [0.2, 0.25) is 0 Å². The minimum absolute atomic E-state index is 0.0927. The summed E-state index contributed by atoms with van der Waals surface area (Å²) < 4.78 is 47.9. The fraction of sp³-hybridized carbons (Fsp3) is 0.600. The Labute approximate surface area is 101 Å². The smallest absolute Gasteiger partial charge is 0.451 e. The first-order valence-corrected chi connectivity index (χ1v) is 5.43. The first-order valence-electron chi connectivity index (χ1n) is 5.43. The number of nitrogens with one attached hydrogen (secondary N) is 1. The Kier molecular flexibility index (Phi) is 3.55. The standard InChI is InChI=1S/C10H12F3N3O2/c1-2-14-7-3-8(18-6-4-17-5-6)16-9(15-7)10(11,12)13/h3,6H,2,4-5H2,1H3,(H,14,15,16). The Morgan fingerprint density at radius 1 is 1.44 bits per heavy atom. The average molecular weight is 263 g/mol. The summed E-state index contributed by atoms with van der Waals surface area (Å²) in [4.78, 5) is 6.74. The lowest BCUT2D eigenvalue weighted by atomic mass is 10.3. The Morgan fingerprint density at radius 2 is 2.17 bits per heavy atom. The second-order valence-electron chi connectivity index (χ2n) is 3.72. The summed E-state index contributed by atoms with van der Waals surface area (Å²) in [5, 5.41) is 2.71. The molecule has 5 nitrogen and oxygen atoms in total. The van der Waals surface area contributed by atoms with Crippen molar-refractivity contribution in [2.45, 2.75) is 19.2 Å². The van der Waals surface area contributed by atoms with Crippen LogP contribution in [0.4, 0.5) is 19.0 Å². The molecule has 1 aromatic rings. The number of hydrogen-bond donors (Lipinski definition) is 1. The fourth-order valence-corrected chi connectivity index (χ4v) is 1.34. The van der Waals surface area contributed by atoms with Gasteiger partial charge in [0.15, 0.2) is 0 Å². The van der Waals surface area contributed by atoms with E-state index in [1.165, 1.54) is 6.07 Å². The van der Waals surface area contributed by atoms with E-state index in [-0.39, 0.29) is 17.8 Å². The lowest BCUT2D eigenvalue weighted by Gasteiger charge is -2.26. The average Bonchev–Trinajstić information content (AvgIpc) is 2.23. The van der Waals surface area contributed by atoms with Crippen molar-refractivity contribution in [3.63, 3.8) is 0 Å². The van der Waals surface area contributed by atoms with Crippen LogP contribution in [-0.4, -0.2) is 35.8 Å². The highest BCUT2D eigenvalue weighted by Crippen LogP contribution is 2.29. The molecule has 2 heterocycles. The van der Waals surface area contributed by atoms with E-state index >= 15 is 0 Å². The van der Waals surface area contributed by atoms with Crippen molar-refractivity contribution >= 4 is 5.82 Å². The van der Waals surface area contributed by atoms with Crippen LogP contribution in [-0.2, 0) is 10.9 Å². The molecule has 100 valence electrons. The molecule has 0 saturated carbocycles. The minimum atomic E-state index is -4.60. The topological polar surface area (TPSA) is 56.3 Å². The van der Waals surface area contributed by atoms with Gasteiger partial charge in [-0.3, -0.25) is 0 Å². The lowest BCUT2D eigenvalue weighted by Crippen LogP contribution is -2.38. The molecule has 8 heteroatoms. The van der Waals surface area contributed by atoms with Crippen molar-refractivity contribution < 1.29 is 22.6 Å². The van der Waals surface area contributed by atoms with Crippen LogP contribution in [0.3, 0.4) is 0 Å². The van der Waals surface area contributed by atoms with Crippen molar-refractivity contribution in [1.29, 1.82) is 0 Å². The molecule has 0 radical (unpaired) electrons. The van der Waals surface area contributed by atoms with Crippen LogP contribution < -0.4 is 10.1 Å². The highest BCUT2D eigenvalue weighted by Gasteiger charge is 2.36. The molecule has 0 atom stereocenters. The Morgan fingerprint density at radius 3 is 2.67 bits per heavy atom. The Balaban J connectivity index is 2.23. The summed E-state index contributed by atoms with van der Waals surface area (Å²) in [6.45, 7) is 2.94. The van der Waals surface area contributed by atoms with Crippen molar-refractivity contribution in [3.05, 3.63) is 11.9 Å². The summed E-state index contributed by atoms with van der Waals surface area (Å²) in [6.07, 6.45) is -4.84. The van der Waals surface area contributed by atoms with Gasteiger partial charge in [-0.25, -0.2) is 4.98 Å². The first kappa shape index (κ1) is 12.9. The predicted octanol–water partition coefficient (Wildman–Crippen LogP) is 1.70. The van der Waals surface area contributed by atoms with E-state index in [0.717, 1.165) is 0 Å². The van der Waals surface area contributed by atoms with Crippen molar-refractivity contribution in [2.75, 3.05) is 25.1 Å². The monoisotopic (exact) mass is 263 g/mol. The van der Waals surface area contributed by atoms with Gasteiger partial charge in [0, 0.05) is 12.6 Å². The zero-order valence-corrected chi connectivity index (χ0v) is 9.62. The maximum absolute atomic E-state index is 12.6. The van der Waals surface area contributed by atoms with Crippen LogP contribution in [0.15, 0.2) is 6.07 Å². The number of anilines is 1. The van der Waals surface area contributed by atoms with Gasteiger partial charge in [0.2, 0.25) is 11.7 Å². The van der Waals surface area contributed by atoms with Gasteiger partial charge < -0.3 is 14.8 Å². The Hall–Kier alpha value is -1.57. The molecule has 18 heavy (non-hydrogen) atoms. The van der Waals surface area contributed by atoms with E-state index in [1.807, 2.05) is 0 Å². The van der Waals surface area contributed by atoms with Gasteiger partial charge in [-0.15, -0.1) is 0 Å². The minimum Gasteiger partial charge on any atom is -0.469 e. The van der Waals surface area contributed by atoms with E-state index in [9.17, 15) is 13.2 Å². The van der Waals surface area contributed by atoms with Crippen LogP contribution in [0, 0.1) is 0 Å². The van der Waals surface area contributed by atoms with E-state index in [1.54, 1.807) is 6.92 Å². The van der Waals surface area contributed by atoms with E-state index in [0.29, 0.717) is 19.8 Å². The number of aromatic nitrogens is 2. The van der Waals surface area contributed by atoms with Crippen LogP contribution in [0.25, 0.3) is 0 Å². The molecule has 1 aromatic heterocycles. The number of halogens is 3. The quantitative estimate of drug-likeness (QED) is 0.896. The molecule has 1 fully saturated rings. The Bertz CT molecular complexity index is 421. The number of alkyl halides is 3. The zero-order valence-electron chi connectivity index (χ0n) is 9.62. The highest BCUT2D eigenvalue weighted by atomic mass is 19.4. The molecule has 1 aliphatic heterocycles. The van der Waals surface area contributed by atoms with Gasteiger partial charge in [-0.1, -0.05) is 0 Å². The van der Waals surface area contributed by atoms with Gasteiger partial charge in [0.05, 0.1) is 13.2 Å². The van der Waals surface area contributed by atoms with Crippen molar-refractivity contribution in [3.8, 4) is 5.88 Å². The van der Waals surface area contributed by atoms with Gasteiger partial charge in [0.25, 0.3) is 0 Å². The van der Waals surface area contributed by atoms with Crippen LogP contribution >= 0.6 is 0 Å². The second kappa shape index (κ2) is 4.97.